The third kappa shape index (κ3) is 12.0. The molecule has 0 spiro atoms. The van der Waals surface area contributed by atoms with Crippen LogP contribution in [0.2, 0.25) is 0 Å². The van der Waals surface area contributed by atoms with Gasteiger partial charge >= 0.3 is 5.97 Å². The van der Waals surface area contributed by atoms with Crippen molar-refractivity contribution in [3.05, 3.63) is 18.2 Å². The van der Waals surface area contributed by atoms with Gasteiger partial charge in [-0.25, -0.2) is 9.78 Å². The van der Waals surface area contributed by atoms with Crippen molar-refractivity contribution in [1.82, 2.24) is 25.9 Å². The lowest BCUT2D eigenvalue weighted by Gasteiger charge is -2.27. The molecule has 3 amide bonds. The molecule has 0 aromatic carbocycles. The quantitative estimate of drug-likeness (QED) is 0.0629. The van der Waals surface area contributed by atoms with Crippen LogP contribution in [0.4, 0.5) is 0 Å². The van der Waals surface area contributed by atoms with Gasteiger partial charge in [0.2, 0.25) is 17.7 Å². The first-order chi connectivity index (χ1) is 17.5. The molecule has 15 heteroatoms. The van der Waals surface area contributed by atoms with Gasteiger partial charge in [-0.2, -0.15) is 11.8 Å². The van der Waals surface area contributed by atoms with E-state index >= 15 is 0 Å². The lowest BCUT2D eigenvalue weighted by molar-refractivity contribution is -0.142. The van der Waals surface area contributed by atoms with E-state index in [9.17, 15) is 24.3 Å². The molecule has 0 fully saturated rings. The Labute approximate surface area is 220 Å². The smallest absolute Gasteiger partial charge is 0.326 e. The molecule has 4 unspecified atom stereocenters. The zero-order valence-electron chi connectivity index (χ0n) is 21.4. The molecule has 1 heterocycles. The molecule has 11 N–H and O–H groups in total. The number of H-pyrrole nitrogens is 1. The number of guanidine groups is 1. The number of aliphatic imine (C=N–C) groups is 1. The highest BCUT2D eigenvalue weighted by molar-refractivity contribution is 7.98. The number of hydrogen-bond donors (Lipinski definition) is 8. The molecule has 37 heavy (non-hydrogen) atoms. The summed E-state index contributed by atoms with van der Waals surface area (Å²) in [5, 5.41) is 17.3. The zero-order chi connectivity index (χ0) is 28.0. The van der Waals surface area contributed by atoms with Gasteiger partial charge in [0.1, 0.15) is 18.1 Å². The number of rotatable bonds is 17. The Morgan fingerprint density at radius 1 is 1.08 bits per heavy atom. The molecule has 0 aliphatic rings. The average molecular weight is 542 g/mol. The molecular weight excluding hydrogens is 502 g/mol. The first kappa shape index (κ1) is 31.7. The number of carboxylic acids is 1. The highest BCUT2D eigenvalue weighted by atomic mass is 32.2. The van der Waals surface area contributed by atoms with Gasteiger partial charge in [0.25, 0.3) is 0 Å². The number of carbonyl (C=O) groups excluding carboxylic acids is 3. The van der Waals surface area contributed by atoms with Crippen LogP contribution >= 0.6 is 11.8 Å². The van der Waals surface area contributed by atoms with Crippen molar-refractivity contribution in [3.63, 3.8) is 0 Å². The lowest BCUT2D eigenvalue weighted by atomic mass is 10.0. The molecule has 1 rings (SSSR count). The molecule has 1 aromatic heterocycles. The topological polar surface area (TPSA) is 244 Å². The summed E-state index contributed by atoms with van der Waals surface area (Å²) in [7, 11) is 0. The largest absolute Gasteiger partial charge is 0.480 e. The van der Waals surface area contributed by atoms with Gasteiger partial charge in [0.15, 0.2) is 5.96 Å². The summed E-state index contributed by atoms with van der Waals surface area (Å²) in [6.07, 6.45) is 5.78. The molecule has 0 saturated heterocycles. The van der Waals surface area contributed by atoms with Crippen LogP contribution in [-0.2, 0) is 25.6 Å². The van der Waals surface area contributed by atoms with Crippen LogP contribution < -0.4 is 33.2 Å². The molecule has 0 radical (unpaired) electrons. The summed E-state index contributed by atoms with van der Waals surface area (Å²) in [4.78, 5) is 61.1. The van der Waals surface area contributed by atoms with Crippen LogP contribution in [-0.4, -0.2) is 87.4 Å². The standard InChI is InChI=1S/C22H39N9O5S/c1-12(2)17(31-18(32)14(23)5-4-7-27-22(24)25)20(34)30-16(9-13-10-26-11-28-13)19(33)29-15(21(35)36)6-8-37-3/h10-12,14-17H,4-9,23H2,1-3H3,(H,26,28)(H,29,33)(H,30,34)(H,31,32)(H,35,36)(H4,24,25,27). The minimum absolute atomic E-state index is 0.0372. The summed E-state index contributed by atoms with van der Waals surface area (Å²) < 4.78 is 0. The van der Waals surface area contributed by atoms with Crippen molar-refractivity contribution in [1.29, 1.82) is 0 Å². The number of aromatic amines is 1. The molecular formula is C22H39N9O5S. The normalized spacial score (nSPS) is 14.2. The summed E-state index contributed by atoms with van der Waals surface area (Å²) >= 11 is 1.45. The summed E-state index contributed by atoms with van der Waals surface area (Å²) in [5.74, 6) is -2.83. The van der Waals surface area contributed by atoms with Gasteiger partial charge < -0.3 is 43.2 Å². The van der Waals surface area contributed by atoms with Crippen LogP contribution in [0.25, 0.3) is 0 Å². The second-order valence-corrected chi connectivity index (χ2v) is 9.79. The van der Waals surface area contributed by atoms with E-state index in [4.69, 9.17) is 17.2 Å². The molecule has 0 aliphatic heterocycles. The number of hydrogen-bond acceptors (Lipinski definition) is 8. The van der Waals surface area contributed by atoms with E-state index in [1.165, 1.54) is 24.3 Å². The number of thioether (sulfide) groups is 1. The van der Waals surface area contributed by atoms with Crippen LogP contribution in [0.1, 0.15) is 38.8 Å². The Bertz CT molecular complexity index is 906. The maximum atomic E-state index is 13.2. The number of nitrogens with zero attached hydrogens (tertiary/aromatic N) is 2. The highest BCUT2D eigenvalue weighted by Crippen LogP contribution is 2.08. The molecule has 14 nitrogen and oxygen atoms in total. The van der Waals surface area contributed by atoms with Crippen LogP contribution in [0.5, 0.6) is 0 Å². The number of nitrogens with one attached hydrogen (secondary N) is 4. The van der Waals surface area contributed by atoms with Crippen molar-refractivity contribution in [2.24, 2.45) is 28.1 Å². The molecule has 0 saturated carbocycles. The van der Waals surface area contributed by atoms with Gasteiger partial charge in [0.05, 0.1) is 12.4 Å². The van der Waals surface area contributed by atoms with Gasteiger partial charge in [-0.3, -0.25) is 19.4 Å². The van der Waals surface area contributed by atoms with Gasteiger partial charge in [-0.1, -0.05) is 13.8 Å². The van der Waals surface area contributed by atoms with Crippen molar-refractivity contribution < 1.29 is 24.3 Å². The minimum atomic E-state index is -1.17. The average Bonchev–Trinajstić information content (AvgIpc) is 3.34. The van der Waals surface area contributed by atoms with Crippen molar-refractivity contribution in [2.75, 3.05) is 18.6 Å². The van der Waals surface area contributed by atoms with Gasteiger partial charge in [-0.05, 0) is 37.2 Å². The Hall–Kier alpha value is -3.33. The predicted molar refractivity (Wildman–Crippen MR) is 141 cm³/mol. The fourth-order valence-electron chi connectivity index (χ4n) is 3.30. The monoisotopic (exact) mass is 541 g/mol. The van der Waals surface area contributed by atoms with Gasteiger partial charge in [0, 0.05) is 24.9 Å². The van der Waals surface area contributed by atoms with E-state index in [0.29, 0.717) is 30.8 Å². The number of carboxylic acid groups (broad SMARTS) is 1. The maximum absolute atomic E-state index is 13.2. The van der Waals surface area contributed by atoms with Crippen LogP contribution in [0, 0.1) is 5.92 Å². The first-order valence-corrected chi connectivity index (χ1v) is 13.3. The third-order valence-corrected chi connectivity index (χ3v) is 6.03. The first-order valence-electron chi connectivity index (χ1n) is 11.9. The van der Waals surface area contributed by atoms with E-state index in [1.54, 1.807) is 13.8 Å². The minimum Gasteiger partial charge on any atom is -0.480 e. The number of aromatic nitrogens is 2. The Morgan fingerprint density at radius 2 is 1.76 bits per heavy atom. The fourth-order valence-corrected chi connectivity index (χ4v) is 3.77. The van der Waals surface area contributed by atoms with Crippen LogP contribution in [0.3, 0.4) is 0 Å². The molecule has 208 valence electrons. The third-order valence-electron chi connectivity index (χ3n) is 5.39. The summed E-state index contributed by atoms with van der Waals surface area (Å²) in [6, 6.07) is -4.10. The number of carbonyl (C=O) groups is 4. The second-order valence-electron chi connectivity index (χ2n) is 8.81. The second kappa shape index (κ2) is 16.4. The maximum Gasteiger partial charge on any atom is 0.326 e. The Kier molecular flexibility index (Phi) is 14.1. The highest BCUT2D eigenvalue weighted by Gasteiger charge is 2.32. The molecule has 0 aliphatic carbocycles. The number of nitrogens with two attached hydrogens (primary N) is 3. The summed E-state index contributed by atoms with van der Waals surface area (Å²) in [6.45, 7) is 3.79. The molecule has 0 bridgehead atoms. The number of amides is 3. The van der Waals surface area contributed by atoms with E-state index < -0.39 is 47.9 Å². The van der Waals surface area contributed by atoms with E-state index in [1.807, 2.05) is 6.26 Å². The molecule has 4 atom stereocenters. The van der Waals surface area contributed by atoms with Crippen LogP contribution in [0.15, 0.2) is 17.5 Å². The van der Waals surface area contributed by atoms with Crippen molar-refractivity contribution >= 4 is 41.4 Å². The Morgan fingerprint density at radius 3 is 2.30 bits per heavy atom. The number of aliphatic carboxylic acids is 1. The van der Waals surface area contributed by atoms with E-state index in [-0.39, 0.29) is 24.7 Å². The Balaban J connectivity index is 2.93. The zero-order valence-corrected chi connectivity index (χ0v) is 22.2. The number of imidazole rings is 1. The van der Waals surface area contributed by atoms with Gasteiger partial charge in [-0.15, -0.1) is 0 Å². The SMILES string of the molecule is CSCCC(NC(=O)C(Cc1cnc[nH]1)NC(=O)C(NC(=O)C(N)CCCN=C(N)N)C(C)C)C(=O)O. The molecule has 1 aromatic rings. The van der Waals surface area contributed by atoms with E-state index in [2.05, 4.69) is 30.9 Å². The lowest BCUT2D eigenvalue weighted by Crippen LogP contribution is -2.59. The van der Waals surface area contributed by atoms with Crippen molar-refractivity contribution in [3.8, 4) is 0 Å². The predicted octanol–water partition coefficient (Wildman–Crippen LogP) is -1.72. The van der Waals surface area contributed by atoms with Crippen molar-refractivity contribution in [2.45, 2.75) is 63.7 Å². The van der Waals surface area contributed by atoms with E-state index in [0.717, 1.165) is 0 Å². The summed E-state index contributed by atoms with van der Waals surface area (Å²) in [5.41, 5.74) is 17.1. The fraction of sp³-hybridized carbons (Fsp3) is 0.636.